The van der Waals surface area contributed by atoms with Gasteiger partial charge in [-0.2, -0.15) is 0 Å². The summed E-state index contributed by atoms with van der Waals surface area (Å²) < 4.78 is 11.2. The van der Waals surface area contributed by atoms with Crippen molar-refractivity contribution >= 4 is 0 Å². The van der Waals surface area contributed by atoms with Crippen molar-refractivity contribution < 1.29 is 9.47 Å². The van der Waals surface area contributed by atoms with E-state index in [0.29, 0.717) is 30.4 Å². The predicted molar refractivity (Wildman–Crippen MR) is 104 cm³/mol. The second kappa shape index (κ2) is 8.74. The van der Waals surface area contributed by atoms with Gasteiger partial charge in [-0.3, -0.25) is 9.69 Å². The zero-order valence-corrected chi connectivity index (χ0v) is 15.9. The Morgan fingerprint density at radius 1 is 1.26 bits per heavy atom. The van der Waals surface area contributed by atoms with Gasteiger partial charge in [-0.25, -0.2) is 4.98 Å². The molecule has 1 aliphatic heterocycles. The molecule has 0 unspecified atom stereocenters. The summed E-state index contributed by atoms with van der Waals surface area (Å²) in [4.78, 5) is 21.8. The van der Waals surface area contributed by atoms with E-state index in [1.807, 2.05) is 32.0 Å². The first-order valence-electron chi connectivity index (χ1n) is 9.23. The van der Waals surface area contributed by atoms with Crippen molar-refractivity contribution in [3.63, 3.8) is 0 Å². The first kappa shape index (κ1) is 19.0. The van der Waals surface area contributed by atoms with Gasteiger partial charge in [0, 0.05) is 31.6 Å². The molecule has 2 aromatic rings. The van der Waals surface area contributed by atoms with Crippen LogP contribution in [0.1, 0.15) is 29.6 Å². The Morgan fingerprint density at radius 3 is 2.85 bits per heavy atom. The molecule has 27 heavy (non-hydrogen) atoms. The van der Waals surface area contributed by atoms with Gasteiger partial charge in [-0.15, -0.1) is 6.42 Å². The summed E-state index contributed by atoms with van der Waals surface area (Å²) in [7, 11) is 0. The maximum Gasteiger partial charge on any atom is 0.254 e. The molecule has 0 spiro atoms. The third-order valence-electron chi connectivity index (χ3n) is 4.59. The minimum atomic E-state index is -0.00648. The third-order valence-corrected chi connectivity index (χ3v) is 4.59. The largest absolute Gasteiger partial charge is 0.490 e. The van der Waals surface area contributed by atoms with Crippen LogP contribution in [0.25, 0.3) is 0 Å². The molecule has 0 bridgehead atoms. The van der Waals surface area contributed by atoms with Gasteiger partial charge >= 0.3 is 0 Å². The van der Waals surface area contributed by atoms with Crippen LogP contribution in [0.2, 0.25) is 0 Å². The Hall–Kier alpha value is -2.78. The molecule has 142 valence electrons. The van der Waals surface area contributed by atoms with Crippen LogP contribution in [0, 0.1) is 19.3 Å². The molecule has 2 heterocycles. The Labute approximate surface area is 159 Å². The summed E-state index contributed by atoms with van der Waals surface area (Å²) in [5.74, 6) is 4.51. The molecule has 0 fully saturated rings. The van der Waals surface area contributed by atoms with Gasteiger partial charge in [0.1, 0.15) is 12.4 Å². The summed E-state index contributed by atoms with van der Waals surface area (Å²) in [6.45, 7) is 7.00. The Morgan fingerprint density at radius 2 is 2.07 bits per heavy atom. The molecule has 0 amide bonds. The van der Waals surface area contributed by atoms with Crippen LogP contribution in [-0.4, -0.2) is 41.2 Å². The van der Waals surface area contributed by atoms with Crippen LogP contribution >= 0.6 is 0 Å². The van der Waals surface area contributed by atoms with E-state index in [9.17, 15) is 4.79 Å². The van der Waals surface area contributed by atoms with E-state index in [1.165, 1.54) is 0 Å². The lowest BCUT2D eigenvalue weighted by Crippen LogP contribution is -2.26. The van der Waals surface area contributed by atoms with Crippen LogP contribution in [0.4, 0.5) is 0 Å². The highest BCUT2D eigenvalue weighted by Crippen LogP contribution is 2.29. The molecule has 0 saturated heterocycles. The molecule has 6 nitrogen and oxygen atoms in total. The van der Waals surface area contributed by atoms with Gasteiger partial charge in [0.05, 0.1) is 12.3 Å². The molecule has 3 rings (SSSR count). The van der Waals surface area contributed by atoms with Gasteiger partial charge in [0.2, 0.25) is 0 Å². The number of benzene rings is 1. The number of nitrogens with one attached hydrogen (secondary N) is 1. The molecular weight excluding hydrogens is 342 g/mol. The summed E-state index contributed by atoms with van der Waals surface area (Å²) in [5, 5.41) is 0. The molecule has 6 heteroatoms. The van der Waals surface area contributed by atoms with Crippen molar-refractivity contribution in [2.45, 2.75) is 33.2 Å². The fourth-order valence-electron chi connectivity index (χ4n) is 3.35. The third kappa shape index (κ3) is 4.69. The van der Waals surface area contributed by atoms with Gasteiger partial charge in [0.25, 0.3) is 5.56 Å². The molecular formula is C21H25N3O3. The highest BCUT2D eigenvalue weighted by atomic mass is 16.5. The first-order valence-corrected chi connectivity index (χ1v) is 9.23. The number of rotatable bonds is 6. The average molecular weight is 367 g/mol. The number of aromatic amines is 1. The number of hydrogen-bond donors (Lipinski definition) is 1. The van der Waals surface area contributed by atoms with Gasteiger partial charge in [-0.1, -0.05) is 12.0 Å². The normalized spacial score (nSPS) is 14.1. The number of terminal acetylenes is 1. The van der Waals surface area contributed by atoms with Crippen molar-refractivity contribution in [1.29, 1.82) is 0 Å². The molecule has 1 aromatic heterocycles. The van der Waals surface area contributed by atoms with Gasteiger partial charge in [-0.05, 0) is 38.0 Å². The Bertz CT molecular complexity index is 899. The quantitative estimate of drug-likeness (QED) is 0.792. The van der Waals surface area contributed by atoms with E-state index in [2.05, 4.69) is 20.8 Å². The average Bonchev–Trinajstić information content (AvgIpc) is 2.84. The highest BCUT2D eigenvalue weighted by Gasteiger charge is 2.18. The van der Waals surface area contributed by atoms with Gasteiger partial charge < -0.3 is 14.5 Å². The van der Waals surface area contributed by atoms with Crippen molar-refractivity contribution in [3.8, 4) is 23.8 Å². The maximum absolute atomic E-state index is 12.2. The number of aromatic nitrogens is 2. The molecule has 1 N–H and O–H groups in total. The molecule has 0 radical (unpaired) electrons. The second-order valence-corrected chi connectivity index (χ2v) is 6.56. The van der Waals surface area contributed by atoms with E-state index in [1.54, 1.807) is 0 Å². The summed E-state index contributed by atoms with van der Waals surface area (Å²) in [5.41, 5.74) is 2.87. The van der Waals surface area contributed by atoms with E-state index in [4.69, 9.17) is 15.9 Å². The monoisotopic (exact) mass is 367 g/mol. The van der Waals surface area contributed by atoms with Crippen LogP contribution in [-0.2, 0) is 19.4 Å². The maximum atomic E-state index is 12.2. The number of hydrogen-bond acceptors (Lipinski definition) is 5. The fourth-order valence-corrected chi connectivity index (χ4v) is 3.35. The molecule has 0 atom stereocenters. The fraction of sp³-hybridized carbons (Fsp3) is 0.429. The van der Waals surface area contributed by atoms with Crippen molar-refractivity contribution in [2.24, 2.45) is 0 Å². The first-order chi connectivity index (χ1) is 13.1. The SMILES string of the molecule is C#CCOc1ccc(CN2CCc3nc(C)[nH]c(=O)c3CC2)cc1OCC. The zero-order valence-electron chi connectivity index (χ0n) is 15.9. The minimum Gasteiger partial charge on any atom is -0.490 e. The summed E-state index contributed by atoms with van der Waals surface area (Å²) >= 11 is 0. The molecule has 0 saturated carbocycles. The van der Waals surface area contributed by atoms with Crippen molar-refractivity contribution in [2.75, 3.05) is 26.3 Å². The van der Waals surface area contributed by atoms with Crippen LogP contribution in [0.15, 0.2) is 23.0 Å². The number of ether oxygens (including phenoxy) is 2. The number of H-pyrrole nitrogens is 1. The molecule has 1 aliphatic rings. The second-order valence-electron chi connectivity index (χ2n) is 6.56. The number of nitrogens with zero attached hydrogens (tertiary/aromatic N) is 2. The van der Waals surface area contributed by atoms with Gasteiger partial charge in [0.15, 0.2) is 11.5 Å². The smallest absolute Gasteiger partial charge is 0.254 e. The summed E-state index contributed by atoms with van der Waals surface area (Å²) in [6.07, 6.45) is 6.76. The predicted octanol–water partition coefficient (Wildman–Crippen LogP) is 2.09. The van der Waals surface area contributed by atoms with E-state index < -0.39 is 0 Å². The van der Waals surface area contributed by atoms with Crippen LogP contribution in [0.5, 0.6) is 11.5 Å². The van der Waals surface area contributed by atoms with Crippen molar-refractivity contribution in [1.82, 2.24) is 14.9 Å². The lowest BCUT2D eigenvalue weighted by Gasteiger charge is -2.20. The highest BCUT2D eigenvalue weighted by molar-refractivity contribution is 5.43. The Kier molecular flexibility index (Phi) is 6.15. The standard InChI is InChI=1S/C21H25N3O3/c1-4-12-27-19-7-6-16(13-20(19)26-5-2)14-24-10-8-17-18(9-11-24)22-15(3)23-21(17)25/h1,6-7,13H,5,8-12,14H2,2-3H3,(H,22,23,25). The lowest BCUT2D eigenvalue weighted by molar-refractivity contribution is 0.275. The number of aryl methyl sites for hydroxylation is 1. The van der Waals surface area contributed by atoms with Crippen molar-refractivity contribution in [3.05, 3.63) is 51.2 Å². The van der Waals surface area contributed by atoms with E-state index in [0.717, 1.165) is 42.9 Å². The molecule has 0 aliphatic carbocycles. The van der Waals surface area contributed by atoms with E-state index in [-0.39, 0.29) is 12.2 Å². The van der Waals surface area contributed by atoms with E-state index >= 15 is 0 Å². The number of fused-ring (bicyclic) bond motifs is 1. The summed E-state index contributed by atoms with van der Waals surface area (Å²) in [6, 6.07) is 5.93. The zero-order chi connectivity index (χ0) is 19.2. The van der Waals surface area contributed by atoms with Crippen LogP contribution in [0.3, 0.4) is 0 Å². The lowest BCUT2D eigenvalue weighted by atomic mass is 10.1. The Balaban J connectivity index is 1.72. The van der Waals surface area contributed by atoms with Crippen LogP contribution < -0.4 is 15.0 Å². The topological polar surface area (TPSA) is 67.5 Å². The minimum absolute atomic E-state index is 0.00648. The molecule has 1 aromatic carbocycles.